The number of methoxy groups -OCH3 is 2. The Hall–Kier alpha value is -3.35. The van der Waals surface area contributed by atoms with E-state index in [-0.39, 0.29) is 0 Å². The fourth-order valence-corrected chi connectivity index (χ4v) is 2.06. The lowest BCUT2D eigenvalue weighted by molar-refractivity contribution is -0.136. The molecule has 0 fully saturated rings. The molecule has 0 radical (unpaired) electrons. The summed E-state index contributed by atoms with van der Waals surface area (Å²) in [6.45, 7) is 1.89. The first-order valence-electron chi connectivity index (χ1n) is 7.46. The highest BCUT2D eigenvalue weighted by Crippen LogP contribution is 2.22. The fourth-order valence-electron chi connectivity index (χ4n) is 2.06. The van der Waals surface area contributed by atoms with Gasteiger partial charge < -0.3 is 14.8 Å². The molecule has 0 aromatic heterocycles. The van der Waals surface area contributed by atoms with E-state index in [9.17, 15) is 9.59 Å². The van der Waals surface area contributed by atoms with Gasteiger partial charge in [0.15, 0.2) is 0 Å². The van der Waals surface area contributed by atoms with Crippen LogP contribution in [0.4, 0.5) is 5.69 Å². The first kappa shape index (κ1) is 18.0. The predicted octanol–water partition coefficient (Wildman–Crippen LogP) is 2.10. The van der Waals surface area contributed by atoms with Crippen molar-refractivity contribution in [2.24, 2.45) is 5.10 Å². The van der Waals surface area contributed by atoms with Gasteiger partial charge in [-0.05, 0) is 42.8 Å². The third-order valence-corrected chi connectivity index (χ3v) is 3.29. The molecule has 25 heavy (non-hydrogen) atoms. The number of aryl methyl sites for hydroxylation is 1. The largest absolute Gasteiger partial charge is 0.497 e. The SMILES string of the molecule is COc1ccc(OC)c(/C=N/NC(=O)C(=O)Nc2cccc(C)c2)c1. The number of nitrogens with zero attached hydrogens (tertiary/aromatic N) is 1. The maximum atomic E-state index is 11.8. The normalized spacial score (nSPS) is 10.4. The summed E-state index contributed by atoms with van der Waals surface area (Å²) in [7, 11) is 3.06. The standard InChI is InChI=1S/C18H19N3O4/c1-12-5-4-6-14(9-12)20-17(22)18(23)21-19-11-13-10-15(24-2)7-8-16(13)25-3/h4-11H,1-3H3,(H,20,22)(H,21,23)/b19-11+. The van der Waals surface area contributed by atoms with Crippen LogP contribution in [0.25, 0.3) is 0 Å². The molecule has 0 aliphatic rings. The van der Waals surface area contributed by atoms with Crippen molar-refractivity contribution in [3.05, 3.63) is 53.6 Å². The molecule has 0 aliphatic heterocycles. The van der Waals surface area contributed by atoms with Crippen LogP contribution in [-0.4, -0.2) is 32.2 Å². The predicted molar refractivity (Wildman–Crippen MR) is 95.1 cm³/mol. The average molecular weight is 341 g/mol. The van der Waals surface area contributed by atoms with Gasteiger partial charge in [-0.15, -0.1) is 0 Å². The molecule has 130 valence electrons. The molecular formula is C18H19N3O4. The molecule has 0 heterocycles. The van der Waals surface area contributed by atoms with Crippen molar-refractivity contribution in [3.8, 4) is 11.5 Å². The summed E-state index contributed by atoms with van der Waals surface area (Å²) < 4.78 is 10.3. The van der Waals surface area contributed by atoms with Crippen LogP contribution in [0.1, 0.15) is 11.1 Å². The summed E-state index contributed by atoms with van der Waals surface area (Å²) >= 11 is 0. The van der Waals surface area contributed by atoms with Crippen LogP contribution < -0.4 is 20.2 Å². The highest BCUT2D eigenvalue weighted by molar-refractivity contribution is 6.39. The molecule has 2 N–H and O–H groups in total. The van der Waals surface area contributed by atoms with Crippen LogP contribution in [0.5, 0.6) is 11.5 Å². The van der Waals surface area contributed by atoms with Gasteiger partial charge >= 0.3 is 11.8 Å². The van der Waals surface area contributed by atoms with Crippen LogP contribution in [0.2, 0.25) is 0 Å². The molecular weight excluding hydrogens is 322 g/mol. The van der Waals surface area contributed by atoms with Gasteiger partial charge in [0.2, 0.25) is 0 Å². The first-order valence-corrected chi connectivity index (χ1v) is 7.46. The highest BCUT2D eigenvalue weighted by Gasteiger charge is 2.13. The Balaban J connectivity index is 1.99. The number of benzene rings is 2. The molecule has 0 saturated carbocycles. The van der Waals surface area contributed by atoms with Gasteiger partial charge in [-0.1, -0.05) is 12.1 Å². The van der Waals surface area contributed by atoms with Crippen LogP contribution in [0.3, 0.4) is 0 Å². The molecule has 0 bridgehead atoms. The van der Waals surface area contributed by atoms with E-state index in [2.05, 4.69) is 15.8 Å². The minimum Gasteiger partial charge on any atom is -0.497 e. The molecule has 0 atom stereocenters. The number of nitrogens with one attached hydrogen (secondary N) is 2. The molecule has 7 nitrogen and oxygen atoms in total. The number of rotatable bonds is 5. The number of anilines is 1. The maximum absolute atomic E-state index is 11.8. The highest BCUT2D eigenvalue weighted by atomic mass is 16.5. The van der Waals surface area contributed by atoms with Gasteiger partial charge in [0.1, 0.15) is 11.5 Å². The van der Waals surface area contributed by atoms with Gasteiger partial charge in [-0.25, -0.2) is 5.43 Å². The van der Waals surface area contributed by atoms with Crippen molar-refractivity contribution in [2.75, 3.05) is 19.5 Å². The van der Waals surface area contributed by atoms with Crippen LogP contribution >= 0.6 is 0 Å². The third kappa shape index (κ3) is 5.07. The molecule has 2 amide bonds. The summed E-state index contributed by atoms with van der Waals surface area (Å²) in [5, 5.41) is 6.29. The number of hydrogen-bond donors (Lipinski definition) is 2. The monoisotopic (exact) mass is 341 g/mol. The van der Waals surface area contributed by atoms with E-state index in [1.807, 2.05) is 13.0 Å². The summed E-state index contributed by atoms with van der Waals surface area (Å²) in [5.41, 5.74) is 4.29. The van der Waals surface area contributed by atoms with Gasteiger partial charge in [0.05, 0.1) is 20.4 Å². The number of carbonyl (C=O) groups is 2. The molecule has 0 aliphatic carbocycles. The molecule has 2 aromatic rings. The molecule has 0 unspecified atom stereocenters. The van der Waals surface area contributed by atoms with E-state index in [1.54, 1.807) is 43.5 Å². The Labute approximate surface area is 145 Å². The Morgan fingerprint density at radius 2 is 1.84 bits per heavy atom. The Morgan fingerprint density at radius 3 is 2.52 bits per heavy atom. The fraction of sp³-hybridized carbons (Fsp3) is 0.167. The van der Waals surface area contributed by atoms with Crippen LogP contribution in [0.15, 0.2) is 47.6 Å². The maximum Gasteiger partial charge on any atom is 0.329 e. The van der Waals surface area contributed by atoms with Gasteiger partial charge in [0.25, 0.3) is 0 Å². The van der Waals surface area contributed by atoms with E-state index in [0.29, 0.717) is 22.7 Å². The summed E-state index contributed by atoms with van der Waals surface area (Å²) in [6, 6.07) is 12.3. The van der Waals surface area contributed by atoms with Crippen molar-refractivity contribution in [1.29, 1.82) is 0 Å². The number of ether oxygens (including phenoxy) is 2. The van der Waals surface area contributed by atoms with Gasteiger partial charge in [-0.3, -0.25) is 9.59 Å². The summed E-state index contributed by atoms with van der Waals surface area (Å²) in [5.74, 6) is -0.506. The van der Waals surface area contributed by atoms with Gasteiger partial charge in [0, 0.05) is 11.3 Å². The Bertz CT molecular complexity index is 803. The van der Waals surface area contributed by atoms with Crippen molar-refractivity contribution in [2.45, 2.75) is 6.92 Å². The van der Waals surface area contributed by atoms with Gasteiger partial charge in [-0.2, -0.15) is 5.10 Å². The smallest absolute Gasteiger partial charge is 0.329 e. The minimum absolute atomic E-state index is 0.540. The zero-order chi connectivity index (χ0) is 18.2. The third-order valence-electron chi connectivity index (χ3n) is 3.29. The second kappa shape index (κ2) is 8.49. The van der Waals surface area contributed by atoms with Crippen molar-refractivity contribution >= 4 is 23.7 Å². The lowest BCUT2D eigenvalue weighted by atomic mass is 10.2. The van der Waals surface area contributed by atoms with E-state index in [4.69, 9.17) is 9.47 Å². The molecule has 0 saturated heterocycles. The zero-order valence-electron chi connectivity index (χ0n) is 14.2. The lowest BCUT2D eigenvalue weighted by Gasteiger charge is -2.07. The van der Waals surface area contributed by atoms with Crippen molar-refractivity contribution < 1.29 is 19.1 Å². The Morgan fingerprint density at radius 1 is 1.04 bits per heavy atom. The van der Waals surface area contributed by atoms with Crippen LogP contribution in [-0.2, 0) is 9.59 Å². The van der Waals surface area contributed by atoms with Crippen LogP contribution in [0, 0.1) is 6.92 Å². The van der Waals surface area contributed by atoms with E-state index in [0.717, 1.165) is 5.56 Å². The average Bonchev–Trinajstić information content (AvgIpc) is 2.61. The first-order chi connectivity index (χ1) is 12.0. The van der Waals surface area contributed by atoms with E-state index in [1.165, 1.54) is 13.3 Å². The Kier molecular flexibility index (Phi) is 6.11. The second-order valence-corrected chi connectivity index (χ2v) is 5.13. The molecule has 2 aromatic carbocycles. The summed E-state index contributed by atoms with van der Waals surface area (Å²) in [6.07, 6.45) is 1.37. The van der Waals surface area contributed by atoms with Crippen molar-refractivity contribution in [3.63, 3.8) is 0 Å². The molecule has 2 rings (SSSR count). The zero-order valence-corrected chi connectivity index (χ0v) is 14.2. The quantitative estimate of drug-likeness (QED) is 0.495. The topological polar surface area (TPSA) is 89.0 Å². The number of hydrogen-bond acceptors (Lipinski definition) is 5. The number of hydrazone groups is 1. The summed E-state index contributed by atoms with van der Waals surface area (Å²) in [4.78, 5) is 23.7. The molecule has 7 heteroatoms. The minimum atomic E-state index is -0.875. The van der Waals surface area contributed by atoms with Crippen molar-refractivity contribution in [1.82, 2.24) is 5.43 Å². The number of amides is 2. The lowest BCUT2D eigenvalue weighted by Crippen LogP contribution is -2.32. The van der Waals surface area contributed by atoms with E-state index < -0.39 is 11.8 Å². The van der Waals surface area contributed by atoms with E-state index >= 15 is 0 Å². The second-order valence-electron chi connectivity index (χ2n) is 5.13. The number of carbonyl (C=O) groups excluding carboxylic acids is 2. The molecule has 0 spiro atoms.